The van der Waals surface area contributed by atoms with Gasteiger partial charge in [-0.3, -0.25) is 0 Å². The molecular formula is C17H21N. The van der Waals surface area contributed by atoms with E-state index in [1.165, 1.54) is 48.7 Å². The van der Waals surface area contributed by atoms with E-state index in [4.69, 9.17) is 0 Å². The molecule has 0 aromatic heterocycles. The van der Waals surface area contributed by atoms with Crippen LogP contribution in [0, 0.1) is 0 Å². The summed E-state index contributed by atoms with van der Waals surface area (Å²) < 4.78 is 0. The van der Waals surface area contributed by atoms with Crippen LogP contribution in [0.5, 0.6) is 0 Å². The van der Waals surface area contributed by atoms with Gasteiger partial charge in [-0.05, 0) is 48.7 Å². The number of benzene rings is 2. The molecule has 2 aromatic rings. The summed E-state index contributed by atoms with van der Waals surface area (Å²) in [5, 5.41) is 2.72. The van der Waals surface area contributed by atoms with Gasteiger partial charge in [-0.25, -0.2) is 0 Å². The molecule has 0 radical (unpaired) electrons. The fourth-order valence-corrected chi connectivity index (χ4v) is 3.18. The summed E-state index contributed by atoms with van der Waals surface area (Å²) >= 11 is 0. The Bertz CT molecular complexity index is 532. The second kappa shape index (κ2) is 5.11. The number of likely N-dealkylation sites (tertiary alicyclic amines) is 1. The molecule has 94 valence electrons. The van der Waals surface area contributed by atoms with E-state index in [2.05, 4.69) is 54.3 Å². The maximum Gasteiger partial charge on any atom is 0.0136 e. The van der Waals surface area contributed by atoms with Gasteiger partial charge in [0.2, 0.25) is 0 Å². The third-order valence-electron chi connectivity index (χ3n) is 4.19. The van der Waals surface area contributed by atoms with Crippen molar-refractivity contribution < 1.29 is 0 Å². The highest BCUT2D eigenvalue weighted by atomic mass is 15.2. The van der Waals surface area contributed by atoms with Gasteiger partial charge >= 0.3 is 0 Å². The maximum atomic E-state index is 2.62. The van der Waals surface area contributed by atoms with Crippen LogP contribution >= 0.6 is 0 Å². The number of hydrogen-bond acceptors (Lipinski definition) is 1. The quantitative estimate of drug-likeness (QED) is 0.786. The first-order valence-corrected chi connectivity index (χ1v) is 7.08. The van der Waals surface area contributed by atoms with Crippen molar-refractivity contribution in [1.82, 2.24) is 4.90 Å². The van der Waals surface area contributed by atoms with E-state index in [0.29, 0.717) is 0 Å². The van der Waals surface area contributed by atoms with E-state index in [9.17, 15) is 0 Å². The van der Waals surface area contributed by atoms with Crippen molar-refractivity contribution in [1.29, 1.82) is 0 Å². The first kappa shape index (κ1) is 11.7. The summed E-state index contributed by atoms with van der Waals surface area (Å²) in [6, 6.07) is 16.3. The minimum Gasteiger partial charge on any atom is -0.300 e. The van der Waals surface area contributed by atoms with Crippen molar-refractivity contribution >= 4 is 10.8 Å². The Morgan fingerprint density at radius 2 is 1.94 bits per heavy atom. The molecule has 1 fully saturated rings. The molecule has 0 N–H and O–H groups in total. The lowest BCUT2D eigenvalue weighted by atomic mass is 10.0. The smallest absolute Gasteiger partial charge is 0.0136 e. The van der Waals surface area contributed by atoms with Crippen LogP contribution in [0.3, 0.4) is 0 Å². The van der Waals surface area contributed by atoms with Gasteiger partial charge in [-0.1, -0.05) is 49.4 Å². The summed E-state index contributed by atoms with van der Waals surface area (Å²) in [5.41, 5.74) is 1.49. The molecule has 0 amide bonds. The van der Waals surface area contributed by atoms with Gasteiger partial charge in [0.25, 0.3) is 0 Å². The molecule has 1 atom stereocenters. The van der Waals surface area contributed by atoms with Crippen LogP contribution in [0.25, 0.3) is 10.8 Å². The highest BCUT2D eigenvalue weighted by Gasteiger charge is 2.22. The first-order valence-electron chi connectivity index (χ1n) is 7.08. The monoisotopic (exact) mass is 239 g/mol. The number of rotatable bonds is 3. The van der Waals surface area contributed by atoms with Crippen molar-refractivity contribution in [2.75, 3.05) is 13.1 Å². The average Bonchev–Trinajstić information content (AvgIpc) is 2.86. The lowest BCUT2D eigenvalue weighted by Crippen LogP contribution is -2.30. The largest absolute Gasteiger partial charge is 0.300 e. The van der Waals surface area contributed by atoms with Crippen LogP contribution in [-0.2, 0) is 6.42 Å². The molecule has 0 bridgehead atoms. The number of hydrogen-bond donors (Lipinski definition) is 0. The summed E-state index contributed by atoms with van der Waals surface area (Å²) in [6.07, 6.45) is 3.94. The highest BCUT2D eigenvalue weighted by molar-refractivity contribution is 5.82. The first-order chi connectivity index (χ1) is 8.86. The Balaban J connectivity index is 1.82. The number of likely N-dealkylation sites (N-methyl/N-ethyl adjacent to an activating group) is 1. The van der Waals surface area contributed by atoms with Crippen LogP contribution in [0.15, 0.2) is 42.5 Å². The van der Waals surface area contributed by atoms with Crippen LogP contribution < -0.4 is 0 Å². The molecule has 0 saturated carbocycles. The number of nitrogens with zero attached hydrogens (tertiary/aromatic N) is 1. The zero-order valence-corrected chi connectivity index (χ0v) is 11.1. The summed E-state index contributed by atoms with van der Waals surface area (Å²) in [7, 11) is 0. The van der Waals surface area contributed by atoms with Gasteiger partial charge in [0, 0.05) is 6.04 Å². The number of fused-ring (bicyclic) bond motifs is 1. The second-order valence-electron chi connectivity index (χ2n) is 5.31. The van der Waals surface area contributed by atoms with Crippen molar-refractivity contribution in [2.24, 2.45) is 0 Å². The third-order valence-corrected chi connectivity index (χ3v) is 4.19. The fraction of sp³-hybridized carbons (Fsp3) is 0.412. The van der Waals surface area contributed by atoms with Gasteiger partial charge in [-0.15, -0.1) is 0 Å². The molecule has 3 rings (SSSR count). The van der Waals surface area contributed by atoms with E-state index < -0.39 is 0 Å². The molecule has 1 aliphatic heterocycles. The van der Waals surface area contributed by atoms with Gasteiger partial charge in [0.05, 0.1) is 0 Å². The van der Waals surface area contributed by atoms with Gasteiger partial charge in [-0.2, -0.15) is 0 Å². The van der Waals surface area contributed by atoms with Crippen LogP contribution in [0.1, 0.15) is 25.3 Å². The van der Waals surface area contributed by atoms with E-state index >= 15 is 0 Å². The van der Waals surface area contributed by atoms with Crippen molar-refractivity contribution in [3.63, 3.8) is 0 Å². The van der Waals surface area contributed by atoms with Gasteiger partial charge in [0.1, 0.15) is 0 Å². The Morgan fingerprint density at radius 3 is 2.78 bits per heavy atom. The Hall–Kier alpha value is -1.34. The fourth-order valence-electron chi connectivity index (χ4n) is 3.18. The molecule has 1 unspecified atom stereocenters. The SMILES string of the molecule is CCN1CCCC1Cc1ccc2ccccc2c1. The summed E-state index contributed by atoms with van der Waals surface area (Å²) in [5.74, 6) is 0. The molecule has 1 heteroatoms. The molecule has 1 aliphatic rings. The van der Waals surface area contributed by atoms with E-state index in [1.807, 2.05) is 0 Å². The summed E-state index contributed by atoms with van der Waals surface area (Å²) in [6.45, 7) is 4.76. The molecule has 0 spiro atoms. The second-order valence-corrected chi connectivity index (χ2v) is 5.31. The predicted molar refractivity (Wildman–Crippen MR) is 77.9 cm³/mol. The van der Waals surface area contributed by atoms with Crippen molar-refractivity contribution in [3.05, 3.63) is 48.0 Å². The Kier molecular flexibility index (Phi) is 3.33. The zero-order chi connectivity index (χ0) is 12.4. The van der Waals surface area contributed by atoms with Crippen molar-refractivity contribution in [3.8, 4) is 0 Å². The molecular weight excluding hydrogens is 218 g/mol. The minimum atomic E-state index is 0.760. The maximum absolute atomic E-state index is 2.62. The standard InChI is InChI=1S/C17H21N/c1-2-18-11-5-8-17(18)13-14-9-10-15-6-3-4-7-16(15)12-14/h3-4,6-7,9-10,12,17H,2,5,8,11,13H2,1H3. The Morgan fingerprint density at radius 1 is 1.11 bits per heavy atom. The van der Waals surface area contributed by atoms with Crippen LogP contribution in [0.2, 0.25) is 0 Å². The van der Waals surface area contributed by atoms with E-state index in [0.717, 1.165) is 6.04 Å². The lowest BCUT2D eigenvalue weighted by Gasteiger charge is -2.22. The van der Waals surface area contributed by atoms with E-state index in [1.54, 1.807) is 0 Å². The molecule has 1 heterocycles. The predicted octanol–water partition coefficient (Wildman–Crippen LogP) is 3.87. The molecule has 1 saturated heterocycles. The van der Waals surface area contributed by atoms with Gasteiger partial charge in [0.15, 0.2) is 0 Å². The minimum absolute atomic E-state index is 0.760. The topological polar surface area (TPSA) is 3.24 Å². The molecule has 18 heavy (non-hydrogen) atoms. The van der Waals surface area contributed by atoms with Gasteiger partial charge < -0.3 is 4.90 Å². The van der Waals surface area contributed by atoms with Crippen LogP contribution in [-0.4, -0.2) is 24.0 Å². The lowest BCUT2D eigenvalue weighted by molar-refractivity contribution is 0.266. The Labute approximate surface area is 109 Å². The molecule has 1 nitrogen and oxygen atoms in total. The third kappa shape index (κ3) is 2.28. The van der Waals surface area contributed by atoms with E-state index in [-0.39, 0.29) is 0 Å². The highest BCUT2D eigenvalue weighted by Crippen LogP contribution is 2.23. The van der Waals surface area contributed by atoms with Crippen LogP contribution in [0.4, 0.5) is 0 Å². The van der Waals surface area contributed by atoms with Crippen molar-refractivity contribution in [2.45, 2.75) is 32.2 Å². The molecule has 0 aliphatic carbocycles. The summed E-state index contributed by atoms with van der Waals surface area (Å²) in [4.78, 5) is 2.62. The normalized spacial score (nSPS) is 20.6. The average molecular weight is 239 g/mol. The zero-order valence-electron chi connectivity index (χ0n) is 11.1. The molecule has 2 aromatic carbocycles.